The topological polar surface area (TPSA) is 0 Å². The Morgan fingerprint density at radius 1 is 0.245 bits per heavy atom. The number of hydrogen-bond acceptors (Lipinski definition) is 0. The Labute approximate surface area is 344 Å². The zero-order valence-corrected chi connectivity index (χ0v) is 28.3. The van der Waals surface area contributed by atoms with Crippen molar-refractivity contribution in [3.05, 3.63) is 0 Å². The summed E-state index contributed by atoms with van der Waals surface area (Å²) in [7, 11) is 161. The number of hydrogen-bond donors (Lipinski definition) is 0. The largest absolute Gasteiger partial charge is 0.146 e. The average Bonchev–Trinajstić information content (AvgIpc) is 2.88. The maximum absolute atomic E-state index is 6.54. The predicted molar refractivity (Wildman–Crippen MR) is 280 cm³/mol. The third-order valence-electron chi connectivity index (χ3n) is 10.0. The fourth-order valence-electron chi connectivity index (χ4n) is 8.21. The molecule has 0 atom stereocenters. The molecule has 0 nitrogen and oxygen atoms in total. The van der Waals surface area contributed by atoms with E-state index >= 15 is 0 Å². The second-order valence-electron chi connectivity index (χ2n) is 13.5. The quantitative estimate of drug-likeness (QED) is 0.115. The molecule has 0 aliphatic carbocycles. The van der Waals surface area contributed by atoms with Crippen molar-refractivity contribution in [2.75, 3.05) is 0 Å². The summed E-state index contributed by atoms with van der Waals surface area (Å²) in [6.45, 7) is -3.65. The summed E-state index contributed by atoms with van der Waals surface area (Å²) in [5, 5.41) is 0. The molecule has 0 heterocycles. The van der Waals surface area contributed by atoms with E-state index in [0.717, 1.165) is 0 Å². The van der Waals surface area contributed by atoms with Crippen LogP contribution in [0.3, 0.4) is 0 Å². The summed E-state index contributed by atoms with van der Waals surface area (Å²) < 4.78 is 0. The Balaban J connectivity index is 9.41. The van der Waals surface area contributed by atoms with Crippen molar-refractivity contribution in [2.24, 2.45) is 0 Å². The van der Waals surface area contributed by atoms with Crippen LogP contribution in [0.25, 0.3) is 0 Å². The monoisotopic (exact) mass is 541 g/mol. The standard InChI is InChI=1S/CHB48/c2-27-43(31(3)4)49(42(25)26)30(48(40(21)22)41(23)24)1(28(44(32(5)6)33(7)8)45(34(9)10)35(11)12)29(46(36(13)14)37(15)16)47(38(17)18)39(19)20/h1H. The molecule has 0 unspecified atom stereocenters. The third-order valence-corrected chi connectivity index (χ3v) is 10.0. The van der Waals surface area contributed by atoms with Gasteiger partial charge in [0.25, 0.3) is 0 Å². The SMILES string of the molecule is [B][B]B(B([B])[B])B(B([B])[B])B(B(B([B])[B])B([B])[B])C(B(B(B([B])[B])B([B])[B])B(B([B])[B])B([B])[B])B(B(B([B])[B])B([B])[B])B(B([B])[B])B([B])[B]. The van der Waals surface area contributed by atoms with Gasteiger partial charge in [0.2, 0.25) is 0 Å². The highest BCUT2D eigenvalue weighted by Gasteiger charge is 2.59. The van der Waals surface area contributed by atoms with E-state index in [-0.39, 0.29) is 0 Å². The lowest BCUT2D eigenvalue weighted by molar-refractivity contribution is 1.80. The fraction of sp³-hybridized carbons (Fsp3) is 1.00. The molecule has 0 saturated carbocycles. The van der Waals surface area contributed by atoms with Gasteiger partial charge in [0.05, 0.1) is 0 Å². The molecule has 0 saturated heterocycles. The van der Waals surface area contributed by atoms with E-state index in [0.29, 0.717) is 0 Å². The van der Waals surface area contributed by atoms with Crippen LogP contribution in [0.4, 0.5) is 0 Å². The van der Waals surface area contributed by atoms with Crippen LogP contribution in [0.15, 0.2) is 0 Å². The lowest BCUT2D eigenvalue weighted by Gasteiger charge is -2.57. The minimum Gasteiger partial charge on any atom is -0.146 e. The van der Waals surface area contributed by atoms with Crippen LogP contribution >= 0.6 is 0 Å². The lowest BCUT2D eigenvalue weighted by Crippen LogP contribution is -2.88. The maximum atomic E-state index is 6.54. The molecule has 0 aliphatic rings. The van der Waals surface area contributed by atoms with Crippen molar-refractivity contribution in [2.45, 2.75) is 5.62 Å². The maximum Gasteiger partial charge on any atom is 0.0294 e. The minimum absolute atomic E-state index is 1.02. The summed E-state index contributed by atoms with van der Waals surface area (Å²) in [6, 6.07) is 0. The van der Waals surface area contributed by atoms with Crippen molar-refractivity contribution < 1.29 is 0 Å². The molecule has 0 aromatic heterocycles. The molecule has 0 fully saturated rings. The molecule has 0 bridgehead atoms. The molecular weight excluding hydrogens is 531 g/mol. The van der Waals surface area contributed by atoms with E-state index in [9.17, 15) is 0 Å². The summed E-state index contributed by atoms with van der Waals surface area (Å²) in [4.78, 5) is 0. The first-order valence-corrected chi connectivity index (χ1v) is 16.0. The molecule has 49 heavy (non-hydrogen) atoms. The molecule has 51 radical (unpaired) electrons. The van der Waals surface area contributed by atoms with Crippen molar-refractivity contribution in [3.63, 3.8) is 0 Å². The smallest absolute Gasteiger partial charge is 0.0294 e. The van der Waals surface area contributed by atoms with Crippen LogP contribution < -0.4 is 0 Å². The van der Waals surface area contributed by atoms with Gasteiger partial charge in [0.15, 0.2) is 0 Å². The van der Waals surface area contributed by atoms with Gasteiger partial charge >= 0.3 is 0 Å². The number of rotatable bonds is 23. The van der Waals surface area contributed by atoms with Gasteiger partial charge in [-0.1, -0.05) is 0 Å². The van der Waals surface area contributed by atoms with Crippen LogP contribution in [0.5, 0.6) is 0 Å². The van der Waals surface area contributed by atoms with Gasteiger partial charge in [-0.15, -0.1) is 5.62 Å². The van der Waals surface area contributed by atoms with Crippen LogP contribution in [0.1, 0.15) is 0 Å². The van der Waals surface area contributed by atoms with Crippen molar-refractivity contribution in [1.29, 1.82) is 0 Å². The second-order valence-corrected chi connectivity index (χ2v) is 13.5. The van der Waals surface area contributed by atoms with E-state index in [4.69, 9.17) is 193 Å². The van der Waals surface area contributed by atoms with Crippen molar-refractivity contribution in [3.8, 4) is 0 Å². The molecule has 0 aromatic carbocycles. The van der Waals surface area contributed by atoms with Gasteiger partial charge in [-0.25, -0.2) is 0 Å². The van der Waals surface area contributed by atoms with Crippen molar-refractivity contribution >= 4 is 341 Å². The van der Waals surface area contributed by atoms with E-state index < -0.39 is 146 Å². The van der Waals surface area contributed by atoms with Gasteiger partial charge in [0, 0.05) is 341 Å². The molecule has 0 spiro atoms. The zero-order chi connectivity index (χ0) is 39.0. The first kappa shape index (κ1) is 52.1. The summed E-state index contributed by atoms with van der Waals surface area (Å²) in [6.07, 6.45) is -23.8. The fourth-order valence-corrected chi connectivity index (χ4v) is 8.21. The second kappa shape index (κ2) is 24.0. The summed E-state index contributed by atoms with van der Waals surface area (Å²) in [5.74, 6) is 0. The molecule has 0 rings (SSSR count). The molecule has 149 valence electrons. The van der Waals surface area contributed by atoms with Crippen LogP contribution in [-0.4, -0.2) is 341 Å². The van der Waals surface area contributed by atoms with Crippen LogP contribution in [0, 0.1) is 0 Å². The Kier molecular flexibility index (Phi) is 25.5. The summed E-state index contributed by atoms with van der Waals surface area (Å²) >= 11 is 0. The lowest BCUT2D eigenvalue weighted by atomic mass is 8.35. The van der Waals surface area contributed by atoms with E-state index in [1.54, 1.807) is 0 Å². The normalized spacial score (nSPS) is 9.82. The minimum atomic E-state index is -1.33. The Morgan fingerprint density at radius 2 is 0.408 bits per heavy atom. The van der Waals surface area contributed by atoms with Crippen LogP contribution in [-0.2, 0) is 0 Å². The predicted octanol–water partition coefficient (Wildman–Crippen LogP) is -17.9. The first-order chi connectivity index (χ1) is 22.3. The Bertz CT molecular complexity index is 717. The van der Waals surface area contributed by atoms with Gasteiger partial charge in [-0.3, -0.25) is 0 Å². The molecule has 0 aromatic rings. The molecule has 48 heteroatoms. The Morgan fingerprint density at radius 3 is 0.531 bits per heavy atom. The third kappa shape index (κ3) is 14.2. The first-order valence-electron chi connectivity index (χ1n) is 16.0. The highest BCUT2D eigenvalue weighted by molar-refractivity contribution is 8.18. The highest BCUT2D eigenvalue weighted by atomic mass is 13.7. The molecule has 0 aliphatic heterocycles. The van der Waals surface area contributed by atoms with E-state index in [1.165, 1.54) is 7.06 Å². The van der Waals surface area contributed by atoms with Crippen molar-refractivity contribution in [1.82, 2.24) is 0 Å². The van der Waals surface area contributed by atoms with E-state index in [2.05, 4.69) is 0 Å². The van der Waals surface area contributed by atoms with Gasteiger partial charge < -0.3 is 0 Å². The molecule has 0 N–H and O–H groups in total. The molecular formula is CHB48. The Hall–Kier alpha value is 3.12. The van der Waals surface area contributed by atoms with Gasteiger partial charge in [-0.05, 0) is 0 Å². The average molecular weight is 532 g/mol. The zero-order valence-electron chi connectivity index (χ0n) is 28.3. The van der Waals surface area contributed by atoms with Gasteiger partial charge in [0.1, 0.15) is 0 Å². The summed E-state index contributed by atoms with van der Waals surface area (Å²) in [5.41, 5.74) is -1.26. The van der Waals surface area contributed by atoms with Crippen LogP contribution in [0.2, 0.25) is 5.62 Å². The van der Waals surface area contributed by atoms with Gasteiger partial charge in [-0.2, -0.15) is 0 Å². The highest BCUT2D eigenvalue weighted by Crippen LogP contribution is 2.32. The van der Waals surface area contributed by atoms with E-state index in [1.807, 2.05) is 0 Å². The molecule has 0 amide bonds.